The Hall–Kier alpha value is -1.84. The zero-order chi connectivity index (χ0) is 21.6. The summed E-state index contributed by atoms with van der Waals surface area (Å²) in [5.41, 5.74) is 3.90. The Morgan fingerprint density at radius 1 is 1.17 bits per heavy atom. The fraction of sp³-hybridized carbons (Fsp3) is 0.680. The molecule has 0 spiro atoms. The lowest BCUT2D eigenvalue weighted by Crippen LogP contribution is -2.36. The van der Waals surface area contributed by atoms with E-state index in [1.54, 1.807) is 6.92 Å². The Balaban J connectivity index is 2.08. The topological polar surface area (TPSA) is 57.6 Å². The molecular weight excluding hydrogens is 362 g/mol. The molecule has 1 heterocycles. The second-order valence-electron chi connectivity index (χ2n) is 10.8. The van der Waals surface area contributed by atoms with Crippen LogP contribution in [0.1, 0.15) is 107 Å². The van der Waals surface area contributed by atoms with Crippen molar-refractivity contribution in [1.29, 1.82) is 0 Å². The van der Waals surface area contributed by atoms with Gasteiger partial charge in [-0.1, -0.05) is 47.1 Å². The summed E-state index contributed by atoms with van der Waals surface area (Å²) >= 11 is 0. The second-order valence-corrected chi connectivity index (χ2v) is 10.8. The third-order valence-corrected chi connectivity index (χ3v) is 7.10. The molecule has 3 rings (SSSR count). The van der Waals surface area contributed by atoms with E-state index in [0.717, 1.165) is 48.9 Å². The van der Waals surface area contributed by atoms with Crippen LogP contribution in [-0.2, 0) is 16.8 Å². The highest BCUT2D eigenvalue weighted by Crippen LogP contribution is 2.50. The molecule has 0 bridgehead atoms. The second kappa shape index (κ2) is 7.77. The van der Waals surface area contributed by atoms with Gasteiger partial charge in [-0.15, -0.1) is 0 Å². The normalized spacial score (nSPS) is 24.7. The van der Waals surface area contributed by atoms with Gasteiger partial charge in [-0.25, -0.2) is 0 Å². The van der Waals surface area contributed by atoms with Gasteiger partial charge >= 0.3 is 5.97 Å². The van der Waals surface area contributed by atoms with Crippen LogP contribution in [0.3, 0.4) is 0 Å². The molecule has 1 aromatic rings. The first-order valence-corrected chi connectivity index (χ1v) is 11.1. The van der Waals surface area contributed by atoms with Crippen LogP contribution in [0.2, 0.25) is 0 Å². The maximum atomic E-state index is 13.0. The summed E-state index contributed by atoms with van der Waals surface area (Å²) in [7, 11) is 0. The molecule has 2 atom stereocenters. The molecule has 1 aliphatic heterocycles. The molecule has 4 nitrogen and oxygen atoms in total. The summed E-state index contributed by atoms with van der Waals surface area (Å²) < 4.78 is 0. The third kappa shape index (κ3) is 4.22. The average molecular weight is 400 g/mol. The van der Waals surface area contributed by atoms with Crippen LogP contribution < -0.4 is 0 Å². The standard InChI is InChI=1S/C25H37NO3/c1-16(2)10-13-26-14-19-18(22(26)27)8-9-20(21(19)17(3)23(28)29)25(6)12-7-11-24(4,5)15-25/h8-9,16-17H,7,10-15H2,1-6H3,(H,28,29)/t17-,25+/m1/s1. The molecule has 0 radical (unpaired) electrons. The smallest absolute Gasteiger partial charge is 0.310 e. The Morgan fingerprint density at radius 2 is 1.86 bits per heavy atom. The third-order valence-electron chi connectivity index (χ3n) is 7.10. The van der Waals surface area contributed by atoms with Gasteiger partial charge in [0.1, 0.15) is 0 Å². The molecule has 160 valence electrons. The van der Waals surface area contributed by atoms with Crippen molar-refractivity contribution in [2.24, 2.45) is 11.3 Å². The predicted octanol–water partition coefficient (Wildman–Crippen LogP) is 5.73. The van der Waals surface area contributed by atoms with Crippen molar-refractivity contribution < 1.29 is 14.7 Å². The number of hydrogen-bond acceptors (Lipinski definition) is 2. The number of carbonyl (C=O) groups excluding carboxylic acids is 1. The van der Waals surface area contributed by atoms with E-state index in [1.807, 2.05) is 11.0 Å². The number of rotatable bonds is 6. The Labute approximate surface area is 175 Å². The molecule has 0 unspecified atom stereocenters. The molecule has 1 aromatic carbocycles. The van der Waals surface area contributed by atoms with Gasteiger partial charge in [0.15, 0.2) is 0 Å². The molecule has 4 heteroatoms. The first-order chi connectivity index (χ1) is 13.4. The number of aliphatic carboxylic acids is 1. The summed E-state index contributed by atoms with van der Waals surface area (Å²) in [5, 5.41) is 9.89. The van der Waals surface area contributed by atoms with Crippen LogP contribution in [0.15, 0.2) is 12.1 Å². The van der Waals surface area contributed by atoms with Crippen molar-refractivity contribution in [3.05, 3.63) is 34.4 Å². The van der Waals surface area contributed by atoms with Crippen molar-refractivity contribution in [2.75, 3.05) is 6.54 Å². The van der Waals surface area contributed by atoms with Crippen LogP contribution in [0, 0.1) is 11.3 Å². The summed E-state index contributed by atoms with van der Waals surface area (Å²) in [4.78, 5) is 27.0. The molecule has 1 aliphatic carbocycles. The van der Waals surface area contributed by atoms with Crippen LogP contribution in [0.4, 0.5) is 0 Å². The van der Waals surface area contributed by atoms with Crippen molar-refractivity contribution in [3.8, 4) is 0 Å². The highest BCUT2D eigenvalue weighted by molar-refractivity contribution is 5.99. The molecule has 1 N–H and O–H groups in total. The van der Waals surface area contributed by atoms with Crippen LogP contribution in [-0.4, -0.2) is 28.4 Å². The van der Waals surface area contributed by atoms with Crippen molar-refractivity contribution in [1.82, 2.24) is 4.90 Å². The van der Waals surface area contributed by atoms with E-state index in [-0.39, 0.29) is 16.7 Å². The van der Waals surface area contributed by atoms with E-state index in [1.165, 1.54) is 6.42 Å². The maximum Gasteiger partial charge on any atom is 0.310 e. The lowest BCUT2D eigenvalue weighted by Gasteiger charge is -2.44. The largest absolute Gasteiger partial charge is 0.481 e. The summed E-state index contributed by atoms with van der Waals surface area (Å²) in [6.45, 7) is 14.3. The molecule has 29 heavy (non-hydrogen) atoms. The first-order valence-electron chi connectivity index (χ1n) is 11.1. The summed E-state index contributed by atoms with van der Waals surface area (Å²) in [5.74, 6) is -0.839. The molecule has 0 saturated heterocycles. The van der Waals surface area contributed by atoms with E-state index in [0.29, 0.717) is 18.0 Å². The van der Waals surface area contributed by atoms with E-state index >= 15 is 0 Å². The molecule has 1 fully saturated rings. The van der Waals surface area contributed by atoms with Crippen molar-refractivity contribution in [2.45, 2.75) is 91.5 Å². The number of carboxylic acid groups (broad SMARTS) is 1. The fourth-order valence-corrected chi connectivity index (χ4v) is 5.63. The average Bonchev–Trinajstić information content (AvgIpc) is 2.93. The molecule has 2 aliphatic rings. The van der Waals surface area contributed by atoms with Gasteiger partial charge in [-0.3, -0.25) is 9.59 Å². The first kappa shape index (κ1) is 21.9. The zero-order valence-corrected chi connectivity index (χ0v) is 19.0. The molecule has 1 amide bonds. The van der Waals surface area contributed by atoms with Crippen molar-refractivity contribution in [3.63, 3.8) is 0 Å². The van der Waals surface area contributed by atoms with Crippen LogP contribution in [0.25, 0.3) is 0 Å². The highest BCUT2D eigenvalue weighted by atomic mass is 16.4. The van der Waals surface area contributed by atoms with E-state index in [9.17, 15) is 14.7 Å². The number of carbonyl (C=O) groups is 2. The Bertz CT molecular complexity index is 811. The minimum atomic E-state index is -0.814. The number of carboxylic acids is 1. The van der Waals surface area contributed by atoms with Gasteiger partial charge in [0.05, 0.1) is 5.92 Å². The van der Waals surface area contributed by atoms with E-state index in [4.69, 9.17) is 0 Å². The lowest BCUT2D eigenvalue weighted by molar-refractivity contribution is -0.138. The quantitative estimate of drug-likeness (QED) is 0.664. The fourth-order valence-electron chi connectivity index (χ4n) is 5.63. The summed E-state index contributed by atoms with van der Waals surface area (Å²) in [6.07, 6.45) is 5.44. The van der Waals surface area contributed by atoms with Gasteiger partial charge in [0.2, 0.25) is 0 Å². The van der Waals surface area contributed by atoms with Crippen LogP contribution in [0.5, 0.6) is 0 Å². The lowest BCUT2D eigenvalue weighted by atomic mass is 9.60. The van der Waals surface area contributed by atoms with Gasteiger partial charge in [0, 0.05) is 18.7 Å². The monoisotopic (exact) mass is 399 g/mol. The van der Waals surface area contributed by atoms with Gasteiger partial charge in [-0.05, 0) is 72.1 Å². The molecule has 0 aromatic heterocycles. The summed E-state index contributed by atoms with van der Waals surface area (Å²) in [6, 6.07) is 4.03. The number of nitrogens with zero attached hydrogens (tertiary/aromatic N) is 1. The predicted molar refractivity (Wildman–Crippen MR) is 116 cm³/mol. The number of benzene rings is 1. The minimum absolute atomic E-state index is 0.0514. The SMILES string of the molecule is CC(C)CCN1Cc2c(ccc([C@@]3(C)CCCC(C)(C)C3)c2[C@@H](C)C(=O)O)C1=O. The maximum absolute atomic E-state index is 13.0. The highest BCUT2D eigenvalue weighted by Gasteiger charge is 2.42. The Kier molecular flexibility index (Phi) is 5.86. The van der Waals surface area contributed by atoms with E-state index < -0.39 is 11.9 Å². The number of hydrogen-bond donors (Lipinski definition) is 1. The Morgan fingerprint density at radius 3 is 2.45 bits per heavy atom. The molecular formula is C25H37NO3. The van der Waals surface area contributed by atoms with Gasteiger partial charge in [0.25, 0.3) is 5.91 Å². The zero-order valence-electron chi connectivity index (χ0n) is 19.0. The number of fused-ring (bicyclic) bond motifs is 1. The number of amides is 1. The van der Waals surface area contributed by atoms with Crippen LogP contribution >= 0.6 is 0 Å². The van der Waals surface area contributed by atoms with Gasteiger partial charge < -0.3 is 10.0 Å². The van der Waals surface area contributed by atoms with E-state index in [2.05, 4.69) is 40.7 Å². The van der Waals surface area contributed by atoms with Gasteiger partial charge in [-0.2, -0.15) is 0 Å². The minimum Gasteiger partial charge on any atom is -0.481 e. The molecule has 1 saturated carbocycles. The van der Waals surface area contributed by atoms with Crippen molar-refractivity contribution >= 4 is 11.9 Å².